The number of rotatable bonds is 7. The summed E-state index contributed by atoms with van der Waals surface area (Å²) in [6.45, 7) is 3.76. The van der Waals surface area contributed by atoms with Crippen LogP contribution >= 0.6 is 15.9 Å². The number of aromatic nitrogens is 2. The minimum atomic E-state index is 0.102. The number of halogens is 1. The van der Waals surface area contributed by atoms with Crippen LogP contribution in [0.25, 0.3) is 19.3 Å². The molecule has 2 aromatic carbocycles. The van der Waals surface area contributed by atoms with E-state index in [2.05, 4.69) is 35.0 Å². The molecule has 4 rings (SSSR count). The van der Waals surface area contributed by atoms with Crippen molar-refractivity contribution in [3.63, 3.8) is 0 Å². The predicted octanol–water partition coefficient (Wildman–Crippen LogP) is 3.76. The molecule has 0 bridgehead atoms. The molecule has 2 aromatic heterocycles. The van der Waals surface area contributed by atoms with Gasteiger partial charge in [0.25, 0.3) is 0 Å². The summed E-state index contributed by atoms with van der Waals surface area (Å²) in [5.41, 5.74) is 1.60. The maximum atomic E-state index is 12.5. The van der Waals surface area contributed by atoms with E-state index < -0.39 is 0 Å². The molecule has 0 saturated heterocycles. The van der Waals surface area contributed by atoms with Gasteiger partial charge in [0, 0.05) is 0 Å². The van der Waals surface area contributed by atoms with Gasteiger partial charge in [-0.25, -0.2) is 0 Å². The molecular formula is C21H21BrN2O2Se2. The van der Waals surface area contributed by atoms with Crippen molar-refractivity contribution in [2.24, 2.45) is 0 Å². The zero-order chi connectivity index (χ0) is 19.7. The van der Waals surface area contributed by atoms with Crippen LogP contribution in [0.1, 0.15) is 31.2 Å². The van der Waals surface area contributed by atoms with Crippen molar-refractivity contribution in [2.45, 2.75) is 45.7 Å². The van der Waals surface area contributed by atoms with Crippen molar-refractivity contribution in [3.8, 4) is 0 Å². The van der Waals surface area contributed by atoms with E-state index in [1.807, 2.05) is 31.4 Å². The Labute approximate surface area is 183 Å². The molecule has 7 heteroatoms. The number of benzene rings is 2. The molecular weight excluding hydrogens is 550 g/mol. The molecule has 0 amide bonds. The van der Waals surface area contributed by atoms with Gasteiger partial charge in [-0.05, 0) is 0 Å². The van der Waals surface area contributed by atoms with Gasteiger partial charge in [-0.3, -0.25) is 0 Å². The van der Waals surface area contributed by atoms with Gasteiger partial charge in [0.2, 0.25) is 0 Å². The third kappa shape index (κ3) is 4.24. The van der Waals surface area contributed by atoms with Gasteiger partial charge < -0.3 is 0 Å². The summed E-state index contributed by atoms with van der Waals surface area (Å²) in [7, 11) is 0. The molecule has 0 spiro atoms. The Balaban J connectivity index is 1.29. The van der Waals surface area contributed by atoms with E-state index in [9.17, 15) is 9.59 Å². The third-order valence-corrected chi connectivity index (χ3v) is 10.0. The average molecular weight is 571 g/mol. The monoisotopic (exact) mass is 572 g/mol. The Morgan fingerprint density at radius 2 is 1.32 bits per heavy atom. The van der Waals surface area contributed by atoms with E-state index in [4.69, 9.17) is 0 Å². The van der Waals surface area contributed by atoms with Crippen molar-refractivity contribution in [1.82, 2.24) is 7.12 Å². The standard InChI is InChI=1S/C21H21BrN2O2Se2/c1-14-6-8-16-18(12-14)27-23(20(16)25)10-4-2-3-5-11-24-21(26)17-9-7-15(22)13-19(17)28-24/h6-9,12-13H,2-5,10-11H2,1H3. The van der Waals surface area contributed by atoms with Crippen LogP contribution in [0.2, 0.25) is 0 Å². The van der Waals surface area contributed by atoms with Crippen molar-refractivity contribution < 1.29 is 0 Å². The number of fused-ring (bicyclic) bond motifs is 2. The second kappa shape index (κ2) is 8.72. The topological polar surface area (TPSA) is 44.0 Å². The molecule has 0 radical (unpaired) electrons. The van der Waals surface area contributed by atoms with Crippen molar-refractivity contribution >= 4 is 64.7 Å². The zero-order valence-electron chi connectivity index (χ0n) is 15.6. The predicted molar refractivity (Wildman–Crippen MR) is 121 cm³/mol. The van der Waals surface area contributed by atoms with Crippen LogP contribution in [0, 0.1) is 6.92 Å². The Kier molecular flexibility index (Phi) is 6.29. The van der Waals surface area contributed by atoms with Crippen molar-refractivity contribution in [2.75, 3.05) is 0 Å². The summed E-state index contributed by atoms with van der Waals surface area (Å²) in [6.07, 6.45) is 4.26. The zero-order valence-corrected chi connectivity index (χ0v) is 20.6. The van der Waals surface area contributed by atoms with E-state index in [-0.39, 0.29) is 40.6 Å². The molecule has 0 saturated carbocycles. The number of nitrogens with zero attached hydrogens (tertiary/aromatic N) is 2. The van der Waals surface area contributed by atoms with E-state index in [1.165, 1.54) is 14.1 Å². The first-order valence-electron chi connectivity index (χ1n) is 9.43. The van der Waals surface area contributed by atoms with Gasteiger partial charge in [-0.1, -0.05) is 0 Å². The normalized spacial score (nSPS) is 11.6. The molecule has 146 valence electrons. The number of unbranched alkanes of at least 4 members (excludes halogenated alkanes) is 3. The van der Waals surface area contributed by atoms with E-state index in [1.54, 1.807) is 0 Å². The summed E-state index contributed by atoms with van der Waals surface area (Å²) < 4.78 is 7.47. The Morgan fingerprint density at radius 1 is 0.786 bits per heavy atom. The summed E-state index contributed by atoms with van der Waals surface area (Å²) in [5, 5.41) is 1.76. The van der Waals surface area contributed by atoms with Crippen molar-refractivity contribution in [3.05, 3.63) is 67.1 Å². The molecule has 28 heavy (non-hydrogen) atoms. The number of hydrogen-bond donors (Lipinski definition) is 0. The molecule has 0 atom stereocenters. The number of hydrogen-bond acceptors (Lipinski definition) is 2. The third-order valence-electron chi connectivity index (χ3n) is 4.88. The Bertz CT molecular complexity index is 1150. The molecule has 0 N–H and O–H groups in total. The summed E-state index contributed by atoms with van der Waals surface area (Å²) in [4.78, 5) is 24.9. The van der Waals surface area contributed by atoms with Gasteiger partial charge in [-0.15, -0.1) is 0 Å². The van der Waals surface area contributed by atoms with Crippen LogP contribution in [0.5, 0.6) is 0 Å². The average Bonchev–Trinajstić information content (AvgIpc) is 3.14. The van der Waals surface area contributed by atoms with Crippen LogP contribution in [0.3, 0.4) is 0 Å². The van der Waals surface area contributed by atoms with E-state index >= 15 is 0 Å². The first kappa shape index (κ1) is 20.2. The maximum absolute atomic E-state index is 12.5. The quantitative estimate of drug-likeness (QED) is 0.251. The summed E-state index contributed by atoms with van der Waals surface area (Å²) in [5.74, 6) is 0. The van der Waals surface area contributed by atoms with Crippen LogP contribution < -0.4 is 11.1 Å². The van der Waals surface area contributed by atoms with Crippen LogP contribution in [-0.4, -0.2) is 36.6 Å². The molecule has 0 unspecified atom stereocenters. The molecule has 0 aliphatic heterocycles. The first-order valence-corrected chi connectivity index (χ1v) is 13.5. The summed E-state index contributed by atoms with van der Waals surface area (Å²) in [6, 6.07) is 12.1. The fourth-order valence-corrected chi connectivity index (χ4v) is 8.70. The first-order chi connectivity index (χ1) is 13.5. The van der Waals surface area contributed by atoms with Gasteiger partial charge in [0.1, 0.15) is 0 Å². The Morgan fingerprint density at radius 3 is 1.93 bits per heavy atom. The van der Waals surface area contributed by atoms with E-state index in [0.29, 0.717) is 0 Å². The minimum absolute atomic E-state index is 0.102. The molecule has 4 nitrogen and oxygen atoms in total. The number of aryl methyl sites for hydroxylation is 3. The van der Waals surface area contributed by atoms with Crippen LogP contribution in [-0.2, 0) is 13.1 Å². The fraction of sp³-hybridized carbons (Fsp3) is 0.333. The molecule has 0 aliphatic carbocycles. The Hall–Kier alpha value is -1.10. The summed E-state index contributed by atoms with van der Waals surface area (Å²) >= 11 is 3.71. The molecule has 0 fully saturated rings. The second-order valence-corrected chi connectivity index (χ2v) is 12.4. The molecule has 4 aromatic rings. The van der Waals surface area contributed by atoms with E-state index in [0.717, 1.165) is 54.0 Å². The van der Waals surface area contributed by atoms with Crippen LogP contribution in [0.4, 0.5) is 0 Å². The van der Waals surface area contributed by atoms with Gasteiger partial charge in [0.15, 0.2) is 0 Å². The fourth-order valence-electron chi connectivity index (χ4n) is 3.38. The second-order valence-electron chi connectivity index (χ2n) is 7.05. The van der Waals surface area contributed by atoms with Gasteiger partial charge >= 0.3 is 185 Å². The molecule has 2 heterocycles. The van der Waals surface area contributed by atoms with Crippen molar-refractivity contribution in [1.29, 1.82) is 0 Å². The van der Waals surface area contributed by atoms with Crippen LogP contribution in [0.15, 0.2) is 50.5 Å². The van der Waals surface area contributed by atoms with Gasteiger partial charge in [0.05, 0.1) is 0 Å². The SMILES string of the molecule is Cc1ccc2c(=O)n(CCCCCCn3[se]c4cc(Br)ccc4c3=O)[se]c2c1. The van der Waals surface area contributed by atoms with Gasteiger partial charge in [-0.2, -0.15) is 0 Å². The molecule has 0 aliphatic rings.